The molecule has 0 fully saturated rings. The first-order valence-electron chi connectivity index (χ1n) is 5.18. The van der Waals surface area contributed by atoms with Crippen LogP contribution in [0.25, 0.3) is 0 Å². The minimum absolute atomic E-state index is 0.456. The Kier molecular flexibility index (Phi) is 4.19. The maximum atomic E-state index is 11.5. The van der Waals surface area contributed by atoms with Gasteiger partial charge in [-0.1, -0.05) is 24.6 Å². The molecule has 0 aliphatic heterocycles. The maximum Gasteiger partial charge on any atom is 0.412 e. The van der Waals surface area contributed by atoms with E-state index in [-0.39, 0.29) is 0 Å². The van der Waals surface area contributed by atoms with Crippen LogP contribution in [-0.2, 0) is 4.74 Å². The van der Waals surface area contributed by atoms with Crippen LogP contribution in [0.5, 0.6) is 0 Å². The van der Waals surface area contributed by atoms with Crippen LogP contribution < -0.4 is 5.32 Å². The number of carbonyl (C=O) groups is 1. The first-order chi connectivity index (χ1) is 7.43. The lowest BCUT2D eigenvalue weighted by molar-refractivity contribution is 0.0462. The molecular formula is C12H16ClNO2. The number of hydrogen-bond acceptors (Lipinski definition) is 2. The van der Waals surface area contributed by atoms with Gasteiger partial charge < -0.3 is 4.74 Å². The first kappa shape index (κ1) is 12.8. The summed E-state index contributed by atoms with van der Waals surface area (Å²) in [6.07, 6.45) is 0.296. The second-order valence-corrected chi connectivity index (χ2v) is 4.57. The maximum absolute atomic E-state index is 11.5. The Balaban J connectivity index is 2.59. The zero-order chi connectivity index (χ0) is 12.2. The van der Waals surface area contributed by atoms with E-state index in [1.807, 2.05) is 20.8 Å². The van der Waals surface area contributed by atoms with E-state index in [4.69, 9.17) is 16.3 Å². The van der Waals surface area contributed by atoms with Crippen molar-refractivity contribution < 1.29 is 9.53 Å². The van der Waals surface area contributed by atoms with Gasteiger partial charge in [0, 0.05) is 10.7 Å². The van der Waals surface area contributed by atoms with Crippen molar-refractivity contribution in [2.24, 2.45) is 0 Å². The largest absolute Gasteiger partial charge is 0.443 e. The molecule has 0 radical (unpaired) electrons. The van der Waals surface area contributed by atoms with E-state index in [2.05, 4.69) is 5.32 Å². The van der Waals surface area contributed by atoms with Crippen LogP contribution in [0.3, 0.4) is 0 Å². The smallest absolute Gasteiger partial charge is 0.412 e. The highest BCUT2D eigenvalue weighted by atomic mass is 35.5. The molecule has 0 heterocycles. The van der Waals surface area contributed by atoms with Crippen LogP contribution in [-0.4, -0.2) is 11.7 Å². The monoisotopic (exact) mass is 241 g/mol. The lowest BCUT2D eigenvalue weighted by Crippen LogP contribution is -2.29. The Hall–Kier alpha value is -1.22. The van der Waals surface area contributed by atoms with Crippen LogP contribution in [0.4, 0.5) is 10.5 Å². The van der Waals surface area contributed by atoms with Gasteiger partial charge in [0.2, 0.25) is 0 Å². The lowest BCUT2D eigenvalue weighted by atomic mass is 10.1. The summed E-state index contributed by atoms with van der Waals surface area (Å²) in [5.41, 5.74) is 0.173. The minimum atomic E-state index is -0.464. The van der Waals surface area contributed by atoms with Gasteiger partial charge in [-0.3, -0.25) is 5.32 Å². The molecule has 1 rings (SSSR count). The topological polar surface area (TPSA) is 38.3 Å². The van der Waals surface area contributed by atoms with Crippen molar-refractivity contribution in [2.45, 2.75) is 32.8 Å². The average Bonchev–Trinajstić information content (AvgIpc) is 2.16. The molecule has 1 amide bonds. The molecule has 1 N–H and O–H groups in total. The molecule has 0 aliphatic carbocycles. The molecule has 0 atom stereocenters. The predicted octanol–water partition coefficient (Wildman–Crippen LogP) is 4.08. The number of hydrogen-bond donors (Lipinski definition) is 1. The van der Waals surface area contributed by atoms with Gasteiger partial charge in [0.1, 0.15) is 5.60 Å². The highest BCUT2D eigenvalue weighted by Gasteiger charge is 2.20. The molecule has 0 aromatic heterocycles. The number of nitrogens with one attached hydrogen (secondary N) is 1. The van der Waals surface area contributed by atoms with Crippen molar-refractivity contribution in [1.82, 2.24) is 0 Å². The second kappa shape index (κ2) is 5.21. The quantitative estimate of drug-likeness (QED) is 0.866. The third-order valence-corrected chi connectivity index (χ3v) is 2.53. The van der Waals surface area contributed by atoms with Crippen LogP contribution in [0, 0.1) is 0 Å². The SMILES string of the molecule is CCC(C)(C)OC(=O)Nc1cccc(Cl)c1. The fourth-order valence-corrected chi connectivity index (χ4v) is 1.22. The fraction of sp³-hybridized carbons (Fsp3) is 0.417. The lowest BCUT2D eigenvalue weighted by Gasteiger charge is -2.23. The molecule has 3 nitrogen and oxygen atoms in total. The summed E-state index contributed by atoms with van der Waals surface area (Å²) in [5.74, 6) is 0. The molecule has 1 aromatic rings. The van der Waals surface area contributed by atoms with E-state index in [1.165, 1.54) is 0 Å². The van der Waals surface area contributed by atoms with E-state index in [0.717, 1.165) is 6.42 Å². The summed E-state index contributed by atoms with van der Waals surface area (Å²) >= 11 is 5.80. The summed E-state index contributed by atoms with van der Waals surface area (Å²) in [4.78, 5) is 11.5. The van der Waals surface area contributed by atoms with E-state index < -0.39 is 11.7 Å². The van der Waals surface area contributed by atoms with E-state index in [1.54, 1.807) is 24.3 Å². The van der Waals surface area contributed by atoms with Gasteiger partial charge in [0.25, 0.3) is 0 Å². The summed E-state index contributed by atoms with van der Waals surface area (Å²) in [5, 5.41) is 3.20. The average molecular weight is 242 g/mol. The molecule has 0 bridgehead atoms. The van der Waals surface area contributed by atoms with E-state index >= 15 is 0 Å². The predicted molar refractivity (Wildman–Crippen MR) is 65.9 cm³/mol. The number of benzene rings is 1. The van der Waals surface area contributed by atoms with Crippen molar-refractivity contribution in [3.05, 3.63) is 29.3 Å². The van der Waals surface area contributed by atoms with Crippen LogP contribution in [0.2, 0.25) is 5.02 Å². The van der Waals surface area contributed by atoms with Crippen molar-refractivity contribution >= 4 is 23.4 Å². The van der Waals surface area contributed by atoms with Gasteiger partial charge in [-0.15, -0.1) is 0 Å². The molecular weight excluding hydrogens is 226 g/mol. The van der Waals surface area contributed by atoms with Gasteiger partial charge in [-0.2, -0.15) is 0 Å². The van der Waals surface area contributed by atoms with Crippen LogP contribution in [0.1, 0.15) is 27.2 Å². The number of rotatable bonds is 3. The second-order valence-electron chi connectivity index (χ2n) is 4.14. The molecule has 4 heteroatoms. The molecule has 0 spiro atoms. The third-order valence-electron chi connectivity index (χ3n) is 2.29. The van der Waals surface area contributed by atoms with Crippen molar-refractivity contribution in [1.29, 1.82) is 0 Å². The Bertz CT molecular complexity index is 377. The Morgan fingerprint density at radius 3 is 2.75 bits per heavy atom. The molecule has 16 heavy (non-hydrogen) atoms. The Morgan fingerprint density at radius 2 is 2.19 bits per heavy atom. The Morgan fingerprint density at radius 1 is 1.50 bits per heavy atom. The minimum Gasteiger partial charge on any atom is -0.443 e. The van der Waals surface area contributed by atoms with Crippen molar-refractivity contribution in [2.75, 3.05) is 5.32 Å². The highest BCUT2D eigenvalue weighted by Crippen LogP contribution is 2.18. The number of halogens is 1. The zero-order valence-corrected chi connectivity index (χ0v) is 10.5. The van der Waals surface area contributed by atoms with E-state index in [0.29, 0.717) is 10.7 Å². The molecule has 1 aromatic carbocycles. The van der Waals surface area contributed by atoms with Gasteiger partial charge in [0.15, 0.2) is 0 Å². The number of ether oxygens (including phenoxy) is 1. The summed E-state index contributed by atoms with van der Waals surface area (Å²) in [7, 11) is 0. The molecule has 0 saturated heterocycles. The third kappa shape index (κ3) is 4.11. The Labute approximate surface area is 101 Å². The van der Waals surface area contributed by atoms with Gasteiger partial charge in [-0.05, 0) is 38.5 Å². The number of anilines is 1. The normalized spacial score (nSPS) is 11.0. The van der Waals surface area contributed by atoms with Gasteiger partial charge in [-0.25, -0.2) is 4.79 Å². The highest BCUT2D eigenvalue weighted by molar-refractivity contribution is 6.30. The molecule has 0 aliphatic rings. The summed E-state index contributed by atoms with van der Waals surface area (Å²) in [6.45, 7) is 5.70. The van der Waals surface area contributed by atoms with E-state index in [9.17, 15) is 4.79 Å². The van der Waals surface area contributed by atoms with Crippen molar-refractivity contribution in [3.8, 4) is 0 Å². The van der Waals surface area contributed by atoms with Crippen molar-refractivity contribution in [3.63, 3.8) is 0 Å². The summed E-state index contributed by atoms with van der Waals surface area (Å²) < 4.78 is 5.24. The standard InChI is InChI=1S/C12H16ClNO2/c1-4-12(2,3)16-11(15)14-10-7-5-6-9(13)8-10/h5-8H,4H2,1-3H3,(H,14,15). The molecule has 88 valence electrons. The first-order valence-corrected chi connectivity index (χ1v) is 5.56. The van der Waals surface area contributed by atoms with Crippen LogP contribution >= 0.6 is 11.6 Å². The molecule has 0 unspecified atom stereocenters. The van der Waals surface area contributed by atoms with Gasteiger partial charge in [0.05, 0.1) is 0 Å². The molecule has 0 saturated carbocycles. The summed E-state index contributed by atoms with van der Waals surface area (Å²) in [6, 6.07) is 6.94. The van der Waals surface area contributed by atoms with Gasteiger partial charge >= 0.3 is 6.09 Å². The van der Waals surface area contributed by atoms with Crippen LogP contribution in [0.15, 0.2) is 24.3 Å². The number of carbonyl (C=O) groups excluding carboxylic acids is 1. The fourth-order valence-electron chi connectivity index (χ4n) is 1.03. The zero-order valence-electron chi connectivity index (χ0n) is 9.71. The number of amides is 1.